The highest BCUT2D eigenvalue weighted by Gasteiger charge is 2.27. The van der Waals surface area contributed by atoms with Crippen LogP contribution >= 0.6 is 11.3 Å². The van der Waals surface area contributed by atoms with Gasteiger partial charge in [0.1, 0.15) is 5.01 Å². The largest absolute Gasteiger partial charge is 0.393 e. The molecule has 1 fully saturated rings. The molecule has 2 heterocycles. The summed E-state index contributed by atoms with van der Waals surface area (Å²) < 4.78 is 0. The number of urea groups is 1. The minimum absolute atomic E-state index is 0.131. The maximum Gasteiger partial charge on any atom is 0.323 e. The highest BCUT2D eigenvalue weighted by Crippen LogP contribution is 2.24. The Balaban J connectivity index is 1.42. The minimum Gasteiger partial charge on any atom is -0.393 e. The van der Waals surface area contributed by atoms with Crippen LogP contribution in [0.5, 0.6) is 0 Å². The van der Waals surface area contributed by atoms with E-state index in [9.17, 15) is 9.90 Å². The summed E-state index contributed by atoms with van der Waals surface area (Å²) in [6.07, 6.45) is 3.01. The first-order valence-corrected chi connectivity index (χ1v) is 9.51. The van der Waals surface area contributed by atoms with Gasteiger partial charge < -0.3 is 10.0 Å². The van der Waals surface area contributed by atoms with E-state index in [1.54, 1.807) is 4.90 Å². The molecule has 1 saturated heterocycles. The summed E-state index contributed by atoms with van der Waals surface area (Å²) in [6, 6.07) is 10.1. The van der Waals surface area contributed by atoms with Gasteiger partial charge in [-0.15, -0.1) is 10.2 Å². The molecule has 2 N–H and O–H groups in total. The van der Waals surface area contributed by atoms with Gasteiger partial charge >= 0.3 is 6.03 Å². The average molecular weight is 360 g/mol. The monoisotopic (exact) mass is 360 g/mol. The van der Waals surface area contributed by atoms with Gasteiger partial charge in [0.25, 0.3) is 0 Å². The second-order valence-electron chi connectivity index (χ2n) is 6.47. The molecule has 7 heteroatoms. The van der Waals surface area contributed by atoms with Crippen molar-refractivity contribution in [3.63, 3.8) is 0 Å². The SMILES string of the molecule is Cc1nnc(NC(=O)N2CCC(C(O)CCc3ccccc3)CC2)s1. The Morgan fingerprint density at radius 1 is 1.32 bits per heavy atom. The number of piperidine rings is 1. The number of anilines is 1. The molecule has 0 bridgehead atoms. The molecule has 0 spiro atoms. The number of nitrogens with zero attached hydrogens (tertiary/aromatic N) is 3. The molecule has 1 aliphatic heterocycles. The molecular formula is C18H24N4O2S. The van der Waals surface area contributed by atoms with Crippen molar-refractivity contribution in [2.75, 3.05) is 18.4 Å². The number of hydrogen-bond donors (Lipinski definition) is 2. The molecular weight excluding hydrogens is 336 g/mol. The zero-order valence-corrected chi connectivity index (χ0v) is 15.2. The number of benzene rings is 1. The molecule has 134 valence electrons. The molecule has 0 aliphatic carbocycles. The Kier molecular flexibility index (Phi) is 5.99. The average Bonchev–Trinajstić information content (AvgIpc) is 3.05. The lowest BCUT2D eigenvalue weighted by Gasteiger charge is -2.34. The molecule has 3 rings (SSSR count). The van der Waals surface area contributed by atoms with Crippen molar-refractivity contribution in [3.8, 4) is 0 Å². The number of carbonyl (C=O) groups excluding carboxylic acids is 1. The van der Waals surface area contributed by atoms with E-state index < -0.39 is 0 Å². The van der Waals surface area contributed by atoms with E-state index in [1.165, 1.54) is 16.9 Å². The predicted octanol–water partition coefficient (Wildman–Crippen LogP) is 3.08. The van der Waals surface area contributed by atoms with E-state index in [-0.39, 0.29) is 18.1 Å². The lowest BCUT2D eigenvalue weighted by molar-refractivity contribution is 0.0626. The van der Waals surface area contributed by atoms with E-state index in [4.69, 9.17) is 0 Å². The van der Waals surface area contributed by atoms with Crippen LogP contribution in [0.4, 0.5) is 9.93 Å². The lowest BCUT2D eigenvalue weighted by Crippen LogP contribution is -2.43. The normalized spacial score (nSPS) is 16.6. The number of aromatic nitrogens is 2. The molecule has 1 aliphatic rings. The first kappa shape index (κ1) is 17.8. The van der Waals surface area contributed by atoms with Crippen molar-refractivity contribution < 1.29 is 9.90 Å². The quantitative estimate of drug-likeness (QED) is 0.859. The fourth-order valence-corrected chi connectivity index (χ4v) is 3.78. The zero-order chi connectivity index (χ0) is 17.6. The Morgan fingerprint density at radius 2 is 2.04 bits per heavy atom. The maximum atomic E-state index is 12.3. The van der Waals surface area contributed by atoms with Gasteiger partial charge in [-0.05, 0) is 44.1 Å². The van der Waals surface area contributed by atoms with Crippen LogP contribution in [0.15, 0.2) is 30.3 Å². The third-order valence-corrected chi connectivity index (χ3v) is 5.44. The van der Waals surface area contributed by atoms with Crippen molar-refractivity contribution in [2.45, 2.75) is 38.7 Å². The summed E-state index contributed by atoms with van der Waals surface area (Å²) in [5.41, 5.74) is 1.26. The van der Waals surface area contributed by atoms with Gasteiger partial charge in [-0.25, -0.2) is 4.79 Å². The summed E-state index contributed by atoms with van der Waals surface area (Å²) >= 11 is 1.37. The van der Waals surface area contributed by atoms with Gasteiger partial charge in [0.15, 0.2) is 0 Å². The van der Waals surface area contributed by atoms with Crippen LogP contribution in [-0.4, -0.2) is 45.4 Å². The fraction of sp³-hybridized carbons (Fsp3) is 0.500. The predicted molar refractivity (Wildman–Crippen MR) is 98.7 cm³/mol. The maximum absolute atomic E-state index is 12.3. The molecule has 1 aromatic heterocycles. The van der Waals surface area contributed by atoms with E-state index in [0.717, 1.165) is 30.7 Å². The van der Waals surface area contributed by atoms with E-state index in [2.05, 4.69) is 27.6 Å². The van der Waals surface area contributed by atoms with Gasteiger partial charge in [-0.3, -0.25) is 5.32 Å². The van der Waals surface area contributed by atoms with Crippen molar-refractivity contribution in [2.24, 2.45) is 5.92 Å². The molecule has 6 nitrogen and oxygen atoms in total. The van der Waals surface area contributed by atoms with Gasteiger partial charge in [0.05, 0.1) is 6.10 Å². The molecule has 2 amide bonds. The van der Waals surface area contributed by atoms with Crippen molar-refractivity contribution in [3.05, 3.63) is 40.9 Å². The van der Waals surface area contributed by atoms with Crippen molar-refractivity contribution in [1.82, 2.24) is 15.1 Å². The minimum atomic E-state index is -0.309. The number of likely N-dealkylation sites (tertiary alicyclic amines) is 1. The van der Waals surface area contributed by atoms with Crippen LogP contribution in [-0.2, 0) is 6.42 Å². The van der Waals surface area contributed by atoms with Crippen molar-refractivity contribution in [1.29, 1.82) is 0 Å². The number of aryl methyl sites for hydroxylation is 2. The summed E-state index contributed by atoms with van der Waals surface area (Å²) in [5.74, 6) is 0.261. The smallest absolute Gasteiger partial charge is 0.323 e. The molecule has 25 heavy (non-hydrogen) atoms. The summed E-state index contributed by atoms with van der Waals surface area (Å²) in [4.78, 5) is 14.0. The van der Waals surface area contributed by atoms with Crippen LogP contribution in [0.1, 0.15) is 29.8 Å². The number of aliphatic hydroxyl groups excluding tert-OH is 1. The van der Waals surface area contributed by atoms with Crippen LogP contribution in [0.2, 0.25) is 0 Å². The second kappa shape index (κ2) is 8.40. The molecule has 0 saturated carbocycles. The summed E-state index contributed by atoms with van der Waals surface area (Å²) in [6.45, 7) is 3.18. The molecule has 1 aromatic carbocycles. The Labute approximate surface area is 151 Å². The number of amides is 2. The first-order valence-electron chi connectivity index (χ1n) is 8.70. The number of nitrogens with one attached hydrogen (secondary N) is 1. The Bertz CT molecular complexity index is 683. The van der Waals surface area contributed by atoms with E-state index >= 15 is 0 Å². The number of rotatable bonds is 5. The van der Waals surface area contributed by atoms with Crippen molar-refractivity contribution >= 4 is 22.5 Å². The standard InChI is InChI=1S/C18H24N4O2S/c1-13-20-21-17(25-13)19-18(24)22-11-9-15(10-12-22)16(23)8-7-14-5-3-2-4-6-14/h2-6,15-16,23H,7-12H2,1H3,(H,19,21,24). The molecule has 1 atom stereocenters. The third kappa shape index (κ3) is 4.99. The molecule has 1 unspecified atom stereocenters. The van der Waals surface area contributed by atoms with Crippen LogP contribution < -0.4 is 5.32 Å². The number of aliphatic hydroxyl groups is 1. The highest BCUT2D eigenvalue weighted by atomic mass is 32.1. The summed E-state index contributed by atoms with van der Waals surface area (Å²) in [7, 11) is 0. The topological polar surface area (TPSA) is 78.4 Å². The first-order chi connectivity index (χ1) is 12.1. The van der Waals surface area contributed by atoms with Crippen LogP contribution in [0.3, 0.4) is 0 Å². The van der Waals surface area contributed by atoms with Gasteiger partial charge in [0, 0.05) is 13.1 Å². The Morgan fingerprint density at radius 3 is 2.68 bits per heavy atom. The van der Waals surface area contributed by atoms with Crippen LogP contribution in [0, 0.1) is 12.8 Å². The fourth-order valence-electron chi connectivity index (χ4n) is 3.20. The Hall–Kier alpha value is -1.99. The second-order valence-corrected chi connectivity index (χ2v) is 7.65. The number of carbonyl (C=O) groups is 1. The van der Waals surface area contributed by atoms with Gasteiger partial charge in [0.2, 0.25) is 5.13 Å². The zero-order valence-electron chi connectivity index (χ0n) is 14.4. The number of hydrogen-bond acceptors (Lipinski definition) is 5. The summed E-state index contributed by atoms with van der Waals surface area (Å²) in [5, 5.41) is 22.4. The van der Waals surface area contributed by atoms with E-state index in [0.29, 0.717) is 18.2 Å². The van der Waals surface area contributed by atoms with Gasteiger partial charge in [-0.2, -0.15) is 0 Å². The lowest BCUT2D eigenvalue weighted by atomic mass is 9.88. The highest BCUT2D eigenvalue weighted by molar-refractivity contribution is 7.15. The third-order valence-electron chi connectivity index (χ3n) is 4.68. The van der Waals surface area contributed by atoms with E-state index in [1.807, 2.05) is 25.1 Å². The molecule has 2 aromatic rings. The van der Waals surface area contributed by atoms with Gasteiger partial charge in [-0.1, -0.05) is 41.7 Å². The van der Waals surface area contributed by atoms with Crippen LogP contribution in [0.25, 0.3) is 0 Å². The molecule has 0 radical (unpaired) electrons.